The Bertz CT molecular complexity index is 638. The molecule has 0 atom stereocenters. The van der Waals surface area contributed by atoms with Crippen LogP contribution in [-0.4, -0.2) is 30.5 Å². The predicted octanol–water partition coefficient (Wildman–Crippen LogP) is 2.33. The van der Waals surface area contributed by atoms with E-state index in [1.165, 1.54) is 26.4 Å². The number of aromatic carboxylic acids is 1. The Morgan fingerprint density at radius 1 is 1.40 bits per heavy atom. The van der Waals surface area contributed by atoms with Crippen LogP contribution in [0.1, 0.15) is 16.1 Å². The number of ether oxygens (including phenoxy) is 2. The van der Waals surface area contributed by atoms with Gasteiger partial charge in [-0.3, -0.25) is 0 Å². The van der Waals surface area contributed by atoms with Crippen molar-refractivity contribution >= 4 is 5.97 Å². The molecule has 0 spiro atoms. The Kier molecular flexibility index (Phi) is 3.99. The molecule has 0 fully saturated rings. The second kappa shape index (κ2) is 5.70. The largest absolute Gasteiger partial charge is 0.496 e. The van der Waals surface area contributed by atoms with Gasteiger partial charge < -0.3 is 19.1 Å². The summed E-state index contributed by atoms with van der Waals surface area (Å²) in [5.41, 5.74) is 0.418. The fourth-order valence-electron chi connectivity index (χ4n) is 1.75. The average molecular weight is 281 g/mol. The van der Waals surface area contributed by atoms with Gasteiger partial charge in [-0.15, -0.1) is 0 Å². The first-order valence-electron chi connectivity index (χ1n) is 5.62. The van der Waals surface area contributed by atoms with Crippen molar-refractivity contribution in [1.82, 2.24) is 5.16 Å². The van der Waals surface area contributed by atoms with Gasteiger partial charge in [0.15, 0.2) is 11.5 Å². The summed E-state index contributed by atoms with van der Waals surface area (Å²) in [6.07, 6.45) is 0. The minimum absolute atomic E-state index is 0.0277. The highest BCUT2D eigenvalue weighted by Crippen LogP contribution is 2.30. The van der Waals surface area contributed by atoms with E-state index in [0.29, 0.717) is 11.3 Å². The summed E-state index contributed by atoms with van der Waals surface area (Å²) in [6.45, 7) is 0.219. The third-order valence-electron chi connectivity index (χ3n) is 2.66. The standard InChI is InChI=1S/C13H12FNO5/c1-18-6-7-3-8(9(14)4-11(7)19-2)12-5-10(13(16)17)15-20-12/h3-5H,6H2,1-2H3,(H,16,17). The van der Waals surface area contributed by atoms with E-state index >= 15 is 0 Å². The fraction of sp³-hybridized carbons (Fsp3) is 0.231. The molecule has 0 aliphatic heterocycles. The number of carboxylic acids is 1. The van der Waals surface area contributed by atoms with E-state index in [2.05, 4.69) is 5.16 Å². The second-order valence-corrected chi connectivity index (χ2v) is 3.96. The Morgan fingerprint density at radius 2 is 2.15 bits per heavy atom. The van der Waals surface area contributed by atoms with Gasteiger partial charge in [0, 0.05) is 24.8 Å². The number of carboxylic acid groups (broad SMARTS) is 1. The summed E-state index contributed by atoms with van der Waals surface area (Å²) in [5.74, 6) is -1.48. The number of benzene rings is 1. The molecule has 0 radical (unpaired) electrons. The molecule has 20 heavy (non-hydrogen) atoms. The molecule has 6 nitrogen and oxygen atoms in total. The summed E-state index contributed by atoms with van der Waals surface area (Å²) in [6, 6.07) is 3.82. The van der Waals surface area contributed by atoms with Gasteiger partial charge in [-0.2, -0.15) is 0 Å². The summed E-state index contributed by atoms with van der Waals surface area (Å²) in [4.78, 5) is 10.7. The van der Waals surface area contributed by atoms with Gasteiger partial charge in [0.25, 0.3) is 0 Å². The van der Waals surface area contributed by atoms with Gasteiger partial charge in [0.1, 0.15) is 11.6 Å². The van der Waals surface area contributed by atoms with Crippen molar-refractivity contribution in [1.29, 1.82) is 0 Å². The van der Waals surface area contributed by atoms with E-state index in [-0.39, 0.29) is 23.6 Å². The second-order valence-electron chi connectivity index (χ2n) is 3.96. The minimum atomic E-state index is -1.24. The first-order chi connectivity index (χ1) is 9.56. The van der Waals surface area contributed by atoms with Gasteiger partial charge >= 0.3 is 5.97 Å². The molecule has 0 aliphatic rings. The highest BCUT2D eigenvalue weighted by Gasteiger charge is 2.18. The summed E-state index contributed by atoms with van der Waals surface area (Å²) in [5, 5.41) is 12.1. The van der Waals surface area contributed by atoms with Crippen LogP contribution in [0.2, 0.25) is 0 Å². The number of halogens is 1. The molecule has 2 rings (SSSR count). The molecule has 0 amide bonds. The van der Waals surface area contributed by atoms with E-state index in [1.54, 1.807) is 0 Å². The molecule has 0 bridgehead atoms. The molecule has 0 saturated carbocycles. The maximum absolute atomic E-state index is 14.0. The lowest BCUT2D eigenvalue weighted by atomic mass is 10.1. The molecule has 2 aromatic rings. The number of hydrogen-bond acceptors (Lipinski definition) is 5. The molecule has 7 heteroatoms. The zero-order chi connectivity index (χ0) is 14.7. The summed E-state index contributed by atoms with van der Waals surface area (Å²) in [7, 11) is 2.92. The lowest BCUT2D eigenvalue weighted by Crippen LogP contribution is -1.97. The summed E-state index contributed by atoms with van der Waals surface area (Å²) >= 11 is 0. The smallest absolute Gasteiger partial charge is 0.358 e. The van der Waals surface area contributed by atoms with Crippen LogP contribution in [0.15, 0.2) is 22.7 Å². The Balaban J connectivity index is 2.49. The van der Waals surface area contributed by atoms with Gasteiger partial charge in [0.2, 0.25) is 0 Å². The molecular weight excluding hydrogens is 269 g/mol. The Hall–Kier alpha value is -2.41. The number of methoxy groups -OCH3 is 2. The highest BCUT2D eigenvalue weighted by molar-refractivity contribution is 5.86. The van der Waals surface area contributed by atoms with Crippen LogP contribution in [0, 0.1) is 5.82 Å². The van der Waals surface area contributed by atoms with Crippen molar-refractivity contribution in [3.63, 3.8) is 0 Å². The minimum Gasteiger partial charge on any atom is -0.496 e. The van der Waals surface area contributed by atoms with Crippen LogP contribution in [0.3, 0.4) is 0 Å². The summed E-state index contributed by atoms with van der Waals surface area (Å²) < 4.78 is 28.9. The zero-order valence-corrected chi connectivity index (χ0v) is 10.8. The Labute approximate surface area is 113 Å². The Morgan fingerprint density at radius 3 is 2.70 bits per heavy atom. The number of carbonyl (C=O) groups is 1. The maximum Gasteiger partial charge on any atom is 0.358 e. The third-order valence-corrected chi connectivity index (χ3v) is 2.66. The molecule has 1 N–H and O–H groups in total. The molecule has 0 aliphatic carbocycles. The monoisotopic (exact) mass is 281 g/mol. The van der Waals surface area contributed by atoms with Gasteiger partial charge in [-0.25, -0.2) is 9.18 Å². The zero-order valence-electron chi connectivity index (χ0n) is 10.8. The third kappa shape index (κ3) is 2.62. The van der Waals surface area contributed by atoms with Crippen molar-refractivity contribution in [3.8, 4) is 17.1 Å². The van der Waals surface area contributed by atoms with E-state index in [4.69, 9.17) is 19.1 Å². The van der Waals surface area contributed by atoms with Gasteiger partial charge in [-0.05, 0) is 6.07 Å². The quantitative estimate of drug-likeness (QED) is 0.905. The maximum atomic E-state index is 14.0. The van der Waals surface area contributed by atoms with Crippen LogP contribution in [-0.2, 0) is 11.3 Å². The molecule has 0 saturated heterocycles. The molecular formula is C13H12FNO5. The fourth-order valence-corrected chi connectivity index (χ4v) is 1.75. The van der Waals surface area contributed by atoms with Gasteiger partial charge in [-0.1, -0.05) is 5.16 Å². The lowest BCUT2D eigenvalue weighted by Gasteiger charge is -2.10. The molecule has 1 heterocycles. The topological polar surface area (TPSA) is 81.8 Å². The normalized spacial score (nSPS) is 10.6. The number of hydrogen-bond donors (Lipinski definition) is 1. The molecule has 106 valence electrons. The van der Waals surface area contributed by atoms with Crippen LogP contribution in [0.25, 0.3) is 11.3 Å². The lowest BCUT2D eigenvalue weighted by molar-refractivity contribution is 0.0686. The van der Waals surface area contributed by atoms with Crippen LogP contribution in [0.5, 0.6) is 5.75 Å². The van der Waals surface area contributed by atoms with Crippen LogP contribution in [0.4, 0.5) is 4.39 Å². The van der Waals surface area contributed by atoms with E-state index < -0.39 is 11.8 Å². The van der Waals surface area contributed by atoms with E-state index in [9.17, 15) is 9.18 Å². The average Bonchev–Trinajstić information content (AvgIpc) is 2.90. The van der Waals surface area contributed by atoms with Crippen molar-refractivity contribution < 1.29 is 28.3 Å². The van der Waals surface area contributed by atoms with E-state index in [1.807, 2.05) is 0 Å². The van der Waals surface area contributed by atoms with Crippen molar-refractivity contribution in [2.24, 2.45) is 0 Å². The van der Waals surface area contributed by atoms with Crippen LogP contribution >= 0.6 is 0 Å². The van der Waals surface area contributed by atoms with Gasteiger partial charge in [0.05, 0.1) is 19.3 Å². The molecule has 1 aromatic carbocycles. The number of nitrogens with zero attached hydrogens (tertiary/aromatic N) is 1. The predicted molar refractivity (Wildman–Crippen MR) is 66.1 cm³/mol. The first kappa shape index (κ1) is 14.0. The highest BCUT2D eigenvalue weighted by atomic mass is 19.1. The molecule has 1 aromatic heterocycles. The van der Waals surface area contributed by atoms with Crippen molar-refractivity contribution in [2.45, 2.75) is 6.61 Å². The number of aromatic nitrogens is 1. The van der Waals surface area contributed by atoms with Crippen molar-refractivity contribution in [3.05, 3.63) is 35.3 Å². The van der Waals surface area contributed by atoms with Crippen LogP contribution < -0.4 is 4.74 Å². The first-order valence-corrected chi connectivity index (χ1v) is 5.62. The number of rotatable bonds is 5. The van der Waals surface area contributed by atoms with E-state index in [0.717, 1.165) is 6.07 Å². The molecule has 0 unspecified atom stereocenters. The SMILES string of the molecule is COCc1cc(-c2cc(C(=O)O)no2)c(F)cc1OC. The van der Waals surface area contributed by atoms with Crippen molar-refractivity contribution in [2.75, 3.05) is 14.2 Å².